The van der Waals surface area contributed by atoms with Gasteiger partial charge in [0.15, 0.2) is 0 Å². The smallest absolute Gasteiger partial charge is 0.306 e. The van der Waals surface area contributed by atoms with Crippen LogP contribution in [0.5, 0.6) is 0 Å². The van der Waals surface area contributed by atoms with Crippen LogP contribution < -0.4 is 5.32 Å². The third-order valence-corrected chi connectivity index (χ3v) is 2.17. The molecule has 82 valence electrons. The molecule has 0 spiro atoms. The van der Waals surface area contributed by atoms with Gasteiger partial charge in [0.2, 0.25) is 5.82 Å². The van der Waals surface area contributed by atoms with Crippen molar-refractivity contribution in [3.8, 4) is 0 Å². The van der Waals surface area contributed by atoms with Gasteiger partial charge in [0, 0.05) is 17.8 Å². The van der Waals surface area contributed by atoms with Crippen LogP contribution in [0.1, 0.15) is 20.3 Å². The Bertz CT molecular complexity index is 368. The van der Waals surface area contributed by atoms with Gasteiger partial charge in [-0.1, -0.05) is 6.92 Å². The largest absolute Gasteiger partial charge is 0.382 e. The van der Waals surface area contributed by atoms with Gasteiger partial charge in [-0.3, -0.25) is 10.1 Å². The van der Waals surface area contributed by atoms with Crippen LogP contribution in [0.3, 0.4) is 0 Å². The summed E-state index contributed by atoms with van der Waals surface area (Å²) in [5, 5.41) is 13.5. The number of rotatable bonds is 4. The molecule has 5 heteroatoms. The van der Waals surface area contributed by atoms with Crippen LogP contribution in [-0.4, -0.2) is 11.0 Å². The average Bonchev–Trinajstić information content (AvgIpc) is 2.20. The Balaban J connectivity index is 2.92. The molecule has 1 atom stereocenters. The second-order valence-electron chi connectivity index (χ2n) is 3.38. The molecular formula is C10H13FN2O2. The molecule has 0 saturated heterocycles. The number of nitro groups is 1. The van der Waals surface area contributed by atoms with Gasteiger partial charge < -0.3 is 5.32 Å². The molecule has 0 fully saturated rings. The van der Waals surface area contributed by atoms with E-state index in [9.17, 15) is 14.5 Å². The number of anilines is 1. The first kappa shape index (κ1) is 11.4. The van der Waals surface area contributed by atoms with Crippen LogP contribution >= 0.6 is 0 Å². The Hall–Kier alpha value is -1.65. The zero-order valence-electron chi connectivity index (χ0n) is 8.66. The number of halogens is 1. The van der Waals surface area contributed by atoms with Crippen LogP contribution in [0.15, 0.2) is 18.2 Å². The fourth-order valence-electron chi connectivity index (χ4n) is 1.13. The lowest BCUT2D eigenvalue weighted by Gasteiger charge is -2.12. The normalized spacial score (nSPS) is 12.2. The van der Waals surface area contributed by atoms with Crippen LogP contribution in [0.4, 0.5) is 15.8 Å². The number of hydrogen-bond acceptors (Lipinski definition) is 3. The molecular weight excluding hydrogens is 199 g/mol. The van der Waals surface area contributed by atoms with Crippen molar-refractivity contribution in [2.45, 2.75) is 26.3 Å². The van der Waals surface area contributed by atoms with Gasteiger partial charge in [-0.2, -0.15) is 4.39 Å². The molecule has 0 heterocycles. The predicted molar refractivity (Wildman–Crippen MR) is 56.4 cm³/mol. The standard InChI is InChI=1S/C10H13FN2O2/c1-3-7(2)12-8-4-5-9(11)10(6-8)13(14)15/h4-7,12H,3H2,1-2H3. The molecule has 1 aromatic carbocycles. The van der Waals surface area contributed by atoms with E-state index in [-0.39, 0.29) is 6.04 Å². The molecule has 1 N–H and O–H groups in total. The van der Waals surface area contributed by atoms with E-state index in [4.69, 9.17) is 0 Å². The summed E-state index contributed by atoms with van der Waals surface area (Å²) in [6, 6.07) is 4.01. The van der Waals surface area contributed by atoms with Crippen LogP contribution in [0, 0.1) is 15.9 Å². The SMILES string of the molecule is CCC(C)Nc1ccc(F)c([N+](=O)[O-])c1. The van der Waals surface area contributed by atoms with E-state index in [1.54, 1.807) is 0 Å². The van der Waals surface area contributed by atoms with E-state index < -0.39 is 16.4 Å². The molecule has 0 aliphatic heterocycles. The van der Waals surface area contributed by atoms with Gasteiger partial charge in [0.25, 0.3) is 0 Å². The molecule has 0 bridgehead atoms. The highest BCUT2D eigenvalue weighted by atomic mass is 19.1. The summed E-state index contributed by atoms with van der Waals surface area (Å²) in [4.78, 5) is 9.74. The molecule has 1 unspecified atom stereocenters. The summed E-state index contributed by atoms with van der Waals surface area (Å²) in [5.74, 6) is -0.810. The minimum absolute atomic E-state index is 0.204. The summed E-state index contributed by atoms with van der Waals surface area (Å²) in [6.07, 6.45) is 0.894. The molecule has 0 saturated carbocycles. The van der Waals surface area contributed by atoms with Gasteiger partial charge in [0.1, 0.15) is 0 Å². The molecule has 1 aromatic rings. The maximum absolute atomic E-state index is 13.0. The van der Waals surface area contributed by atoms with E-state index in [1.807, 2.05) is 13.8 Å². The maximum Gasteiger partial charge on any atom is 0.306 e. The highest BCUT2D eigenvalue weighted by molar-refractivity contribution is 5.52. The molecule has 0 amide bonds. The van der Waals surface area contributed by atoms with Crippen molar-refractivity contribution >= 4 is 11.4 Å². The first-order valence-electron chi connectivity index (χ1n) is 4.75. The molecule has 0 aromatic heterocycles. The van der Waals surface area contributed by atoms with E-state index in [2.05, 4.69) is 5.32 Å². The average molecular weight is 212 g/mol. The van der Waals surface area contributed by atoms with E-state index in [0.29, 0.717) is 5.69 Å². The highest BCUT2D eigenvalue weighted by Gasteiger charge is 2.14. The van der Waals surface area contributed by atoms with Crippen LogP contribution in [-0.2, 0) is 0 Å². The zero-order chi connectivity index (χ0) is 11.4. The van der Waals surface area contributed by atoms with E-state index in [1.165, 1.54) is 12.1 Å². The second-order valence-corrected chi connectivity index (χ2v) is 3.38. The van der Waals surface area contributed by atoms with Crippen molar-refractivity contribution in [2.24, 2.45) is 0 Å². The number of nitro benzene ring substituents is 1. The van der Waals surface area contributed by atoms with Crippen LogP contribution in [0.2, 0.25) is 0 Å². The zero-order valence-corrected chi connectivity index (χ0v) is 8.66. The van der Waals surface area contributed by atoms with Gasteiger partial charge in [0.05, 0.1) is 4.92 Å². The Kier molecular flexibility index (Phi) is 3.60. The Morgan fingerprint density at radius 1 is 1.60 bits per heavy atom. The monoisotopic (exact) mass is 212 g/mol. The molecule has 0 aliphatic rings. The third-order valence-electron chi connectivity index (χ3n) is 2.17. The minimum atomic E-state index is -0.810. The Morgan fingerprint density at radius 2 is 2.27 bits per heavy atom. The Labute approximate surface area is 87.3 Å². The van der Waals surface area contributed by atoms with Crippen molar-refractivity contribution in [2.75, 3.05) is 5.32 Å². The number of hydrogen-bond donors (Lipinski definition) is 1. The van der Waals surface area contributed by atoms with Crippen molar-refractivity contribution in [1.29, 1.82) is 0 Å². The molecule has 1 rings (SSSR count). The lowest BCUT2D eigenvalue weighted by Crippen LogP contribution is -2.13. The summed E-state index contributed by atoms with van der Waals surface area (Å²) in [6.45, 7) is 3.95. The van der Waals surface area contributed by atoms with Crippen molar-refractivity contribution < 1.29 is 9.31 Å². The number of nitrogens with zero attached hydrogens (tertiary/aromatic N) is 1. The highest BCUT2D eigenvalue weighted by Crippen LogP contribution is 2.22. The lowest BCUT2D eigenvalue weighted by molar-refractivity contribution is -0.387. The van der Waals surface area contributed by atoms with Gasteiger partial charge in [-0.05, 0) is 25.5 Å². The van der Waals surface area contributed by atoms with Gasteiger partial charge in [-0.25, -0.2) is 0 Å². The van der Waals surface area contributed by atoms with Crippen LogP contribution in [0.25, 0.3) is 0 Å². The molecule has 0 aliphatic carbocycles. The lowest BCUT2D eigenvalue weighted by atomic mass is 10.2. The summed E-state index contributed by atoms with van der Waals surface area (Å²) < 4.78 is 13.0. The number of benzene rings is 1. The fraction of sp³-hybridized carbons (Fsp3) is 0.400. The summed E-state index contributed by atoms with van der Waals surface area (Å²) in [7, 11) is 0. The van der Waals surface area contributed by atoms with Gasteiger partial charge >= 0.3 is 5.69 Å². The minimum Gasteiger partial charge on any atom is -0.382 e. The van der Waals surface area contributed by atoms with E-state index in [0.717, 1.165) is 12.5 Å². The van der Waals surface area contributed by atoms with Gasteiger partial charge in [-0.15, -0.1) is 0 Å². The fourth-order valence-corrected chi connectivity index (χ4v) is 1.13. The predicted octanol–water partition coefficient (Wildman–Crippen LogP) is 2.94. The van der Waals surface area contributed by atoms with E-state index >= 15 is 0 Å². The molecule has 0 radical (unpaired) electrons. The molecule has 4 nitrogen and oxygen atoms in total. The quantitative estimate of drug-likeness (QED) is 0.616. The first-order valence-corrected chi connectivity index (χ1v) is 4.75. The number of nitrogens with one attached hydrogen (secondary N) is 1. The Morgan fingerprint density at radius 3 is 2.80 bits per heavy atom. The van der Waals surface area contributed by atoms with Crippen molar-refractivity contribution in [3.05, 3.63) is 34.1 Å². The first-order chi connectivity index (χ1) is 7.04. The summed E-state index contributed by atoms with van der Waals surface area (Å²) >= 11 is 0. The maximum atomic E-state index is 13.0. The molecule has 15 heavy (non-hydrogen) atoms. The topological polar surface area (TPSA) is 55.2 Å². The van der Waals surface area contributed by atoms with Crippen molar-refractivity contribution in [1.82, 2.24) is 0 Å². The summed E-state index contributed by atoms with van der Waals surface area (Å²) in [5.41, 5.74) is 0.0701. The van der Waals surface area contributed by atoms with Crippen molar-refractivity contribution in [3.63, 3.8) is 0 Å². The third kappa shape index (κ3) is 2.90. The second kappa shape index (κ2) is 4.72.